The zero-order chi connectivity index (χ0) is 19.6. The van der Waals surface area contributed by atoms with Gasteiger partial charge < -0.3 is 24.4 Å². The first-order valence-electron chi connectivity index (χ1n) is 10.1. The number of carbonyl (C=O) groups is 1. The zero-order valence-corrected chi connectivity index (χ0v) is 16.7. The van der Waals surface area contributed by atoms with E-state index in [9.17, 15) is 15.0 Å². The molecule has 1 saturated heterocycles. The molecular weight excluding hydrogens is 348 g/mol. The lowest BCUT2D eigenvalue weighted by Crippen LogP contribution is -2.65. The van der Waals surface area contributed by atoms with Gasteiger partial charge in [-0.3, -0.25) is 0 Å². The Labute approximate surface area is 160 Å². The lowest BCUT2D eigenvalue weighted by atomic mass is 9.43. The molecule has 0 amide bonds. The molecule has 27 heavy (non-hydrogen) atoms. The van der Waals surface area contributed by atoms with Crippen LogP contribution in [0.1, 0.15) is 52.9 Å². The van der Waals surface area contributed by atoms with Crippen LogP contribution >= 0.6 is 0 Å². The molecule has 0 radical (unpaired) electrons. The smallest absolute Gasteiger partial charge is 0.336 e. The Bertz CT molecular complexity index is 655. The third-order valence-corrected chi connectivity index (χ3v) is 8.52. The molecule has 2 aliphatic carbocycles. The van der Waals surface area contributed by atoms with Gasteiger partial charge in [-0.05, 0) is 55.4 Å². The normalized spacial score (nSPS) is 51.7. The molecule has 2 N–H and O–H groups in total. The molecular formula is C21H32O6. The van der Waals surface area contributed by atoms with E-state index in [1.54, 1.807) is 6.08 Å². The quantitative estimate of drug-likeness (QED) is 0.574. The second-order valence-electron chi connectivity index (χ2n) is 9.54. The highest BCUT2D eigenvalue weighted by Crippen LogP contribution is 2.68. The largest absolute Gasteiger partial charge is 0.429 e. The number of cyclic esters (lactones) is 1. The van der Waals surface area contributed by atoms with Crippen LogP contribution in [0.5, 0.6) is 0 Å². The average molecular weight is 380 g/mol. The summed E-state index contributed by atoms with van der Waals surface area (Å²) in [5.41, 5.74) is -0.147. The van der Waals surface area contributed by atoms with Crippen LogP contribution in [-0.4, -0.2) is 54.0 Å². The number of aliphatic hydroxyl groups excluding tert-OH is 2. The number of epoxide rings is 1. The zero-order valence-electron chi connectivity index (χ0n) is 16.7. The van der Waals surface area contributed by atoms with Crippen LogP contribution in [0.3, 0.4) is 0 Å². The number of ether oxygens (including phenoxy) is 3. The van der Waals surface area contributed by atoms with Gasteiger partial charge in [-0.1, -0.05) is 20.8 Å². The van der Waals surface area contributed by atoms with E-state index < -0.39 is 24.1 Å². The Morgan fingerprint density at radius 2 is 2.04 bits per heavy atom. The molecule has 8 atom stereocenters. The summed E-state index contributed by atoms with van der Waals surface area (Å²) in [5, 5.41) is 21.2. The lowest BCUT2D eigenvalue weighted by molar-refractivity contribution is -0.197. The minimum absolute atomic E-state index is 0.0562. The van der Waals surface area contributed by atoms with Gasteiger partial charge in [-0.25, -0.2) is 4.79 Å². The third kappa shape index (κ3) is 2.64. The van der Waals surface area contributed by atoms with E-state index in [-0.39, 0.29) is 22.7 Å². The van der Waals surface area contributed by atoms with Crippen molar-refractivity contribution in [3.63, 3.8) is 0 Å². The van der Waals surface area contributed by atoms with Crippen LogP contribution in [0.2, 0.25) is 0 Å². The maximum atomic E-state index is 12.1. The highest BCUT2D eigenvalue weighted by Gasteiger charge is 2.73. The molecule has 4 aliphatic rings. The highest BCUT2D eigenvalue weighted by atomic mass is 16.7. The van der Waals surface area contributed by atoms with Crippen LogP contribution < -0.4 is 0 Å². The van der Waals surface area contributed by atoms with Crippen LogP contribution in [0.15, 0.2) is 11.6 Å². The Morgan fingerprint density at radius 1 is 1.33 bits per heavy atom. The molecule has 2 saturated carbocycles. The third-order valence-electron chi connectivity index (χ3n) is 8.52. The topological polar surface area (TPSA) is 88.5 Å². The summed E-state index contributed by atoms with van der Waals surface area (Å²) in [7, 11) is 1.52. The lowest BCUT2D eigenvalue weighted by Gasteiger charge is -2.61. The number of hydrogen-bond acceptors (Lipinski definition) is 6. The van der Waals surface area contributed by atoms with Crippen molar-refractivity contribution in [3.05, 3.63) is 11.6 Å². The van der Waals surface area contributed by atoms with Gasteiger partial charge in [-0.15, -0.1) is 0 Å². The van der Waals surface area contributed by atoms with Crippen molar-refractivity contribution >= 4 is 5.97 Å². The van der Waals surface area contributed by atoms with Crippen molar-refractivity contribution in [2.24, 2.45) is 22.7 Å². The van der Waals surface area contributed by atoms with Gasteiger partial charge >= 0.3 is 5.97 Å². The SMILES string of the molecule is CO[C@H]1C=C(CC[C@@]2(C)[C@H]3C[C@@H](O)[C@@H](O)[C@@]4(CO4)[C@@]3(C)CC[C@@H]2C)C(=O)O1. The molecule has 0 aromatic carbocycles. The number of esters is 1. The Morgan fingerprint density at radius 3 is 2.63 bits per heavy atom. The van der Waals surface area contributed by atoms with E-state index in [0.717, 1.165) is 19.3 Å². The number of fused-ring (bicyclic) bond motifs is 2. The number of hydrogen-bond donors (Lipinski definition) is 2. The first-order valence-corrected chi connectivity index (χ1v) is 10.1. The van der Waals surface area contributed by atoms with Crippen molar-refractivity contribution in [1.82, 2.24) is 0 Å². The second-order valence-corrected chi connectivity index (χ2v) is 9.54. The predicted octanol–water partition coefficient (Wildman–Crippen LogP) is 2.18. The Balaban J connectivity index is 1.60. The molecule has 0 aromatic heterocycles. The van der Waals surface area contributed by atoms with Crippen molar-refractivity contribution in [2.45, 2.75) is 77.0 Å². The van der Waals surface area contributed by atoms with Gasteiger partial charge in [0.15, 0.2) is 0 Å². The van der Waals surface area contributed by atoms with E-state index in [0.29, 0.717) is 30.9 Å². The molecule has 1 spiro atoms. The maximum Gasteiger partial charge on any atom is 0.336 e. The van der Waals surface area contributed by atoms with Crippen molar-refractivity contribution in [2.75, 3.05) is 13.7 Å². The van der Waals surface area contributed by atoms with Gasteiger partial charge in [0.05, 0.1) is 12.7 Å². The standard InChI is InChI=1S/C21H32O6/c1-12-5-8-20(3)15(10-14(22)17(23)21(20)11-26-21)19(12,2)7-6-13-9-16(25-4)27-18(13)24/h9,12,14-17,22-23H,5-8,10-11H2,1-4H3/t12-,14+,15+,16+,17+,19+,20-,21-/m0/s1. The number of carbonyl (C=O) groups excluding carboxylic acids is 1. The first kappa shape index (κ1) is 19.4. The molecule has 6 nitrogen and oxygen atoms in total. The summed E-state index contributed by atoms with van der Waals surface area (Å²) >= 11 is 0. The van der Waals surface area contributed by atoms with Gasteiger partial charge in [0, 0.05) is 18.1 Å². The fourth-order valence-electron chi connectivity index (χ4n) is 6.30. The van der Waals surface area contributed by atoms with Gasteiger partial charge in [-0.2, -0.15) is 0 Å². The maximum absolute atomic E-state index is 12.1. The molecule has 3 fully saturated rings. The molecule has 0 unspecified atom stereocenters. The minimum atomic E-state index is -0.814. The van der Waals surface area contributed by atoms with E-state index in [2.05, 4.69) is 20.8 Å². The molecule has 2 aliphatic heterocycles. The van der Waals surface area contributed by atoms with Crippen LogP contribution in [0.25, 0.3) is 0 Å². The predicted molar refractivity (Wildman–Crippen MR) is 97.6 cm³/mol. The summed E-state index contributed by atoms with van der Waals surface area (Å²) in [6.07, 6.45) is 3.72. The average Bonchev–Trinajstić information content (AvgIpc) is 3.37. The van der Waals surface area contributed by atoms with Crippen molar-refractivity contribution in [3.8, 4) is 0 Å². The first-order chi connectivity index (χ1) is 12.7. The van der Waals surface area contributed by atoms with E-state index in [1.165, 1.54) is 7.11 Å². The molecule has 152 valence electrons. The fourth-order valence-corrected chi connectivity index (χ4v) is 6.30. The van der Waals surface area contributed by atoms with Crippen molar-refractivity contribution in [1.29, 1.82) is 0 Å². The highest BCUT2D eigenvalue weighted by molar-refractivity contribution is 5.90. The van der Waals surface area contributed by atoms with Gasteiger partial charge in [0.1, 0.15) is 11.7 Å². The monoisotopic (exact) mass is 380 g/mol. The van der Waals surface area contributed by atoms with E-state index in [1.807, 2.05) is 0 Å². The van der Waals surface area contributed by atoms with E-state index >= 15 is 0 Å². The summed E-state index contributed by atoms with van der Waals surface area (Å²) in [4.78, 5) is 12.1. The van der Waals surface area contributed by atoms with Gasteiger partial charge in [0.2, 0.25) is 6.29 Å². The van der Waals surface area contributed by atoms with Crippen LogP contribution in [0, 0.1) is 22.7 Å². The molecule has 4 rings (SSSR count). The Hall–Kier alpha value is -0.950. The summed E-state index contributed by atoms with van der Waals surface area (Å²) in [6, 6.07) is 0. The van der Waals surface area contributed by atoms with E-state index in [4.69, 9.17) is 14.2 Å². The minimum Gasteiger partial charge on any atom is -0.429 e. The van der Waals surface area contributed by atoms with Crippen LogP contribution in [-0.2, 0) is 19.0 Å². The molecule has 0 bridgehead atoms. The summed E-state index contributed by atoms with van der Waals surface area (Å²) in [6.45, 7) is 7.31. The molecule has 2 heterocycles. The number of methoxy groups -OCH3 is 1. The summed E-state index contributed by atoms with van der Waals surface area (Å²) in [5.74, 6) is 0.397. The van der Waals surface area contributed by atoms with Crippen LogP contribution in [0.4, 0.5) is 0 Å². The second kappa shape index (κ2) is 6.28. The number of rotatable bonds is 4. The van der Waals surface area contributed by atoms with Gasteiger partial charge in [0.25, 0.3) is 0 Å². The number of aliphatic hydroxyl groups is 2. The fraction of sp³-hybridized carbons (Fsp3) is 0.857. The Kier molecular flexibility index (Phi) is 4.50. The summed E-state index contributed by atoms with van der Waals surface area (Å²) < 4.78 is 16.1. The molecule has 6 heteroatoms. The molecule has 0 aromatic rings. The van der Waals surface area contributed by atoms with Crippen molar-refractivity contribution < 1.29 is 29.2 Å².